The zero-order valence-electron chi connectivity index (χ0n) is 14.9. The highest BCUT2D eigenvalue weighted by atomic mass is 35.5. The summed E-state index contributed by atoms with van der Waals surface area (Å²) in [6, 6.07) is 14.6. The van der Waals surface area contributed by atoms with Gasteiger partial charge in [0.2, 0.25) is 0 Å². The van der Waals surface area contributed by atoms with Crippen LogP contribution in [0, 0.1) is 0 Å². The van der Waals surface area contributed by atoms with Crippen LogP contribution in [0.4, 0.5) is 0 Å². The number of nitrogens with one attached hydrogen (secondary N) is 1. The molecule has 140 valence electrons. The van der Waals surface area contributed by atoms with Gasteiger partial charge >= 0.3 is 5.97 Å². The van der Waals surface area contributed by atoms with E-state index < -0.39 is 0 Å². The molecular formula is C20H20ClN3O3. The molecule has 0 atom stereocenters. The number of halogens is 1. The normalized spacial score (nSPS) is 10.7. The fourth-order valence-corrected chi connectivity index (χ4v) is 3.10. The maximum atomic E-state index is 12.2. The lowest BCUT2D eigenvalue weighted by Gasteiger charge is -2.09. The van der Waals surface area contributed by atoms with E-state index in [0.29, 0.717) is 30.0 Å². The minimum Gasteiger partial charge on any atom is -0.468 e. The number of hydrogen-bond acceptors (Lipinski definition) is 4. The van der Waals surface area contributed by atoms with Crippen molar-refractivity contribution in [3.05, 3.63) is 64.9 Å². The van der Waals surface area contributed by atoms with E-state index in [0.717, 1.165) is 16.9 Å². The van der Waals surface area contributed by atoms with Crippen LogP contribution in [0.15, 0.2) is 48.5 Å². The third-order valence-corrected chi connectivity index (χ3v) is 4.56. The average Bonchev–Trinajstić information content (AvgIpc) is 3.02. The van der Waals surface area contributed by atoms with Gasteiger partial charge in [0.1, 0.15) is 12.4 Å². The number of hydrogen-bond donors (Lipinski definition) is 1. The number of carbonyl (C=O) groups excluding carboxylic acids is 2. The molecule has 0 saturated carbocycles. The minimum atomic E-state index is -0.327. The van der Waals surface area contributed by atoms with E-state index >= 15 is 0 Å². The molecule has 0 bridgehead atoms. The Bertz CT molecular complexity index is 968. The molecule has 0 fully saturated rings. The standard InChI is InChI=1S/C20H20ClN3O3/c1-27-19(25)13-24-17-10-5-4-9-16(17)23-18(24)11-6-12-22-20(26)14-7-2-3-8-15(14)21/h2-5,7-10H,6,11-13H2,1H3,(H,22,26). The fourth-order valence-electron chi connectivity index (χ4n) is 2.88. The van der Waals surface area contributed by atoms with E-state index in [1.165, 1.54) is 7.11 Å². The van der Waals surface area contributed by atoms with Crippen molar-refractivity contribution in [1.82, 2.24) is 14.9 Å². The number of aryl methyl sites for hydroxylation is 1. The second-order valence-electron chi connectivity index (χ2n) is 6.02. The molecule has 0 aliphatic rings. The number of aromatic nitrogens is 2. The van der Waals surface area contributed by atoms with E-state index in [9.17, 15) is 9.59 Å². The summed E-state index contributed by atoms with van der Waals surface area (Å²) < 4.78 is 6.65. The summed E-state index contributed by atoms with van der Waals surface area (Å²) in [5.74, 6) is 0.253. The maximum Gasteiger partial charge on any atom is 0.325 e. The van der Waals surface area contributed by atoms with Gasteiger partial charge < -0.3 is 14.6 Å². The number of ether oxygens (including phenoxy) is 1. The average molecular weight is 386 g/mol. The summed E-state index contributed by atoms with van der Waals surface area (Å²) in [5.41, 5.74) is 2.17. The molecule has 3 rings (SSSR count). The summed E-state index contributed by atoms with van der Waals surface area (Å²) in [6.45, 7) is 0.587. The van der Waals surface area contributed by atoms with Crippen LogP contribution in [0.25, 0.3) is 11.0 Å². The van der Waals surface area contributed by atoms with Gasteiger partial charge in [-0.25, -0.2) is 4.98 Å². The molecule has 1 N–H and O–H groups in total. The molecular weight excluding hydrogens is 366 g/mol. The van der Waals surface area contributed by atoms with Crippen molar-refractivity contribution in [2.24, 2.45) is 0 Å². The SMILES string of the molecule is COC(=O)Cn1c(CCCNC(=O)c2ccccc2Cl)nc2ccccc21. The summed E-state index contributed by atoms with van der Waals surface area (Å²) in [7, 11) is 1.37. The van der Waals surface area contributed by atoms with Gasteiger partial charge in [-0.05, 0) is 30.7 Å². The smallest absolute Gasteiger partial charge is 0.325 e. The van der Waals surface area contributed by atoms with E-state index in [4.69, 9.17) is 16.3 Å². The van der Waals surface area contributed by atoms with E-state index in [1.54, 1.807) is 24.3 Å². The fraction of sp³-hybridized carbons (Fsp3) is 0.250. The molecule has 0 saturated heterocycles. The van der Waals surface area contributed by atoms with Gasteiger partial charge in [0.05, 0.1) is 28.7 Å². The molecule has 1 amide bonds. The highest BCUT2D eigenvalue weighted by Crippen LogP contribution is 2.18. The number of benzene rings is 2. The first kappa shape index (κ1) is 18.9. The van der Waals surface area contributed by atoms with Crippen LogP contribution >= 0.6 is 11.6 Å². The zero-order valence-corrected chi connectivity index (χ0v) is 15.7. The lowest BCUT2D eigenvalue weighted by molar-refractivity contribution is -0.141. The third kappa shape index (κ3) is 4.46. The lowest BCUT2D eigenvalue weighted by atomic mass is 10.2. The highest BCUT2D eigenvalue weighted by Gasteiger charge is 2.14. The summed E-state index contributed by atoms with van der Waals surface area (Å²) in [6.07, 6.45) is 1.30. The van der Waals surface area contributed by atoms with Crippen molar-refractivity contribution >= 4 is 34.5 Å². The number of methoxy groups -OCH3 is 1. The van der Waals surface area contributed by atoms with E-state index in [-0.39, 0.29) is 18.4 Å². The Balaban J connectivity index is 1.65. The Morgan fingerprint density at radius 3 is 2.67 bits per heavy atom. The largest absolute Gasteiger partial charge is 0.468 e. The Labute approximate surface area is 162 Å². The molecule has 1 aromatic heterocycles. The topological polar surface area (TPSA) is 73.2 Å². The minimum absolute atomic E-state index is 0.109. The van der Waals surface area contributed by atoms with Crippen molar-refractivity contribution in [3.8, 4) is 0 Å². The second-order valence-corrected chi connectivity index (χ2v) is 6.43. The zero-order chi connectivity index (χ0) is 19.2. The Morgan fingerprint density at radius 1 is 1.15 bits per heavy atom. The van der Waals surface area contributed by atoms with Crippen LogP contribution < -0.4 is 5.32 Å². The summed E-state index contributed by atoms with van der Waals surface area (Å²) in [5, 5.41) is 3.29. The van der Waals surface area contributed by atoms with Crippen LogP contribution in [0.2, 0.25) is 5.02 Å². The van der Waals surface area contributed by atoms with Crippen molar-refractivity contribution in [1.29, 1.82) is 0 Å². The molecule has 0 aliphatic carbocycles. The Hall–Kier alpha value is -2.86. The number of carbonyl (C=O) groups is 2. The number of fused-ring (bicyclic) bond motifs is 1. The Kier molecular flexibility index (Phi) is 6.08. The van der Waals surface area contributed by atoms with Crippen LogP contribution in [-0.4, -0.2) is 35.1 Å². The summed E-state index contributed by atoms with van der Waals surface area (Å²) >= 11 is 6.04. The van der Waals surface area contributed by atoms with E-state index in [1.807, 2.05) is 28.8 Å². The molecule has 2 aromatic carbocycles. The quantitative estimate of drug-likeness (QED) is 0.500. The van der Waals surface area contributed by atoms with Gasteiger partial charge in [-0.1, -0.05) is 35.9 Å². The molecule has 0 unspecified atom stereocenters. The number of esters is 1. The van der Waals surface area contributed by atoms with E-state index in [2.05, 4.69) is 10.3 Å². The predicted octanol–water partition coefficient (Wildman–Crippen LogP) is 3.23. The van der Waals surface area contributed by atoms with Gasteiger partial charge in [-0.15, -0.1) is 0 Å². The predicted molar refractivity (Wildman–Crippen MR) is 104 cm³/mol. The molecule has 7 heteroatoms. The molecule has 0 radical (unpaired) electrons. The lowest BCUT2D eigenvalue weighted by Crippen LogP contribution is -2.25. The summed E-state index contributed by atoms with van der Waals surface area (Å²) in [4.78, 5) is 28.5. The number of para-hydroxylation sites is 2. The molecule has 3 aromatic rings. The van der Waals surface area contributed by atoms with Gasteiger partial charge in [-0.3, -0.25) is 9.59 Å². The van der Waals surface area contributed by atoms with Crippen molar-refractivity contribution in [3.63, 3.8) is 0 Å². The second kappa shape index (κ2) is 8.68. The molecule has 0 spiro atoms. The first-order valence-electron chi connectivity index (χ1n) is 8.64. The molecule has 0 aliphatic heterocycles. The van der Waals surface area contributed by atoms with Crippen LogP contribution in [0.5, 0.6) is 0 Å². The van der Waals surface area contributed by atoms with Crippen molar-refractivity contribution < 1.29 is 14.3 Å². The number of imidazole rings is 1. The first-order chi connectivity index (χ1) is 13.1. The highest BCUT2D eigenvalue weighted by molar-refractivity contribution is 6.33. The van der Waals surface area contributed by atoms with Crippen molar-refractivity contribution in [2.45, 2.75) is 19.4 Å². The molecule has 1 heterocycles. The monoisotopic (exact) mass is 385 g/mol. The first-order valence-corrected chi connectivity index (χ1v) is 9.01. The van der Waals surface area contributed by atoms with Gasteiger partial charge in [-0.2, -0.15) is 0 Å². The van der Waals surface area contributed by atoms with Crippen LogP contribution in [0.3, 0.4) is 0 Å². The number of rotatable bonds is 7. The van der Waals surface area contributed by atoms with Crippen LogP contribution in [-0.2, 0) is 22.5 Å². The molecule has 27 heavy (non-hydrogen) atoms. The van der Waals surface area contributed by atoms with Gasteiger partial charge in [0.15, 0.2) is 0 Å². The van der Waals surface area contributed by atoms with Crippen LogP contribution in [0.1, 0.15) is 22.6 Å². The third-order valence-electron chi connectivity index (χ3n) is 4.23. The number of amides is 1. The van der Waals surface area contributed by atoms with Crippen molar-refractivity contribution in [2.75, 3.05) is 13.7 Å². The maximum absolute atomic E-state index is 12.2. The van der Waals surface area contributed by atoms with Gasteiger partial charge in [0.25, 0.3) is 5.91 Å². The Morgan fingerprint density at radius 2 is 1.89 bits per heavy atom. The van der Waals surface area contributed by atoms with Gasteiger partial charge in [0, 0.05) is 13.0 Å². The molecule has 6 nitrogen and oxygen atoms in total. The number of nitrogens with zero attached hydrogens (tertiary/aromatic N) is 2.